The van der Waals surface area contributed by atoms with E-state index in [4.69, 9.17) is 0 Å². The van der Waals surface area contributed by atoms with Crippen molar-refractivity contribution in [2.24, 2.45) is 0 Å². The maximum Gasteiger partial charge on any atom is 0.255 e. The molecule has 5 heteroatoms. The highest BCUT2D eigenvalue weighted by Gasteiger charge is 2.27. The molecular weight excluding hydrogens is 404 g/mol. The van der Waals surface area contributed by atoms with Gasteiger partial charge in [0.05, 0.1) is 22.1 Å². The zero-order chi connectivity index (χ0) is 21.4. The second-order valence-corrected chi connectivity index (χ2v) is 9.58. The highest BCUT2D eigenvalue weighted by atomic mass is 32.2. The molecule has 1 aromatic heterocycles. The van der Waals surface area contributed by atoms with Crippen molar-refractivity contribution >= 4 is 22.3 Å². The van der Waals surface area contributed by atoms with Gasteiger partial charge in [0.2, 0.25) is 0 Å². The molecule has 0 N–H and O–H groups in total. The Morgan fingerprint density at radius 2 is 1.68 bits per heavy atom. The number of aromatic nitrogens is 1. The molecule has 0 aliphatic carbocycles. The van der Waals surface area contributed by atoms with E-state index in [1.54, 1.807) is 12.4 Å². The predicted molar refractivity (Wildman–Crippen MR) is 123 cm³/mol. The summed E-state index contributed by atoms with van der Waals surface area (Å²) in [7, 11) is -1.07. The Kier molecular flexibility index (Phi) is 5.28. The van der Waals surface area contributed by atoms with Gasteiger partial charge in [0, 0.05) is 30.4 Å². The smallest absolute Gasteiger partial charge is 0.255 e. The van der Waals surface area contributed by atoms with Gasteiger partial charge in [0.25, 0.3) is 5.91 Å². The third kappa shape index (κ3) is 3.74. The fourth-order valence-electron chi connectivity index (χ4n) is 4.59. The number of fused-ring (bicyclic) bond motifs is 2. The molecule has 1 atom stereocenters. The number of carbonyl (C=O) groups is 1. The lowest BCUT2D eigenvalue weighted by Crippen LogP contribution is -2.36. The lowest BCUT2D eigenvalue weighted by Gasteiger charge is -2.30. The zero-order valence-corrected chi connectivity index (χ0v) is 18.3. The largest absolute Gasteiger partial charge is 0.338 e. The number of hydrogen-bond donors (Lipinski definition) is 0. The molecule has 4 nitrogen and oxygen atoms in total. The lowest BCUT2D eigenvalue weighted by molar-refractivity contribution is 0.0743. The standard InChI is InChI=1S/C26H24N2O2S/c1-18-14-21(16-27-15-18)26(29)28-12-10-19(11-13-28)25-22-7-3-2-6-20(22)17-31(30)24-9-5-4-8-23(24)25/h2-9,14-16H,10-13,17H2,1H3. The van der Waals surface area contributed by atoms with Crippen LogP contribution in [0.5, 0.6) is 0 Å². The number of hydrogen-bond acceptors (Lipinski definition) is 3. The van der Waals surface area contributed by atoms with E-state index in [1.165, 1.54) is 16.7 Å². The molecule has 2 aliphatic heterocycles. The summed E-state index contributed by atoms with van der Waals surface area (Å²) in [5.74, 6) is 0.581. The number of piperidine rings is 1. The molecular formula is C26H24N2O2S. The summed E-state index contributed by atoms with van der Waals surface area (Å²) in [6.45, 7) is 3.31. The van der Waals surface area contributed by atoms with E-state index in [1.807, 2.05) is 42.2 Å². The molecule has 5 rings (SSSR count). The minimum atomic E-state index is -1.07. The van der Waals surface area contributed by atoms with Crippen LogP contribution < -0.4 is 0 Å². The molecule has 2 aliphatic rings. The molecule has 31 heavy (non-hydrogen) atoms. The zero-order valence-electron chi connectivity index (χ0n) is 17.5. The van der Waals surface area contributed by atoms with Crippen molar-refractivity contribution in [2.45, 2.75) is 30.4 Å². The van der Waals surface area contributed by atoms with Gasteiger partial charge in [-0.05, 0) is 59.7 Å². The van der Waals surface area contributed by atoms with Gasteiger partial charge in [-0.25, -0.2) is 0 Å². The third-order valence-corrected chi connectivity index (χ3v) is 7.52. The third-order valence-electron chi connectivity index (χ3n) is 6.10. The maximum atomic E-state index is 13.1. The highest BCUT2D eigenvalue weighted by Crippen LogP contribution is 2.39. The first-order valence-corrected chi connectivity index (χ1v) is 11.9. The molecule has 156 valence electrons. The summed E-state index contributed by atoms with van der Waals surface area (Å²) in [6, 6.07) is 18.3. The number of nitrogens with zero attached hydrogens (tertiary/aromatic N) is 2. The minimum Gasteiger partial charge on any atom is -0.338 e. The van der Waals surface area contributed by atoms with Crippen molar-refractivity contribution in [3.63, 3.8) is 0 Å². The van der Waals surface area contributed by atoms with Crippen LogP contribution in [0.1, 0.15) is 45.5 Å². The molecule has 1 saturated heterocycles. The molecule has 0 bridgehead atoms. The molecule has 0 spiro atoms. The van der Waals surface area contributed by atoms with E-state index >= 15 is 0 Å². The fraction of sp³-hybridized carbons (Fsp3) is 0.231. The van der Waals surface area contributed by atoms with Crippen LogP contribution in [-0.2, 0) is 16.6 Å². The van der Waals surface area contributed by atoms with Crippen LogP contribution in [0.2, 0.25) is 0 Å². The van der Waals surface area contributed by atoms with Crippen LogP contribution >= 0.6 is 0 Å². The second-order valence-electron chi connectivity index (χ2n) is 8.16. The molecule has 2 aromatic carbocycles. The first-order valence-electron chi connectivity index (χ1n) is 10.6. The average molecular weight is 429 g/mol. The Hall–Kier alpha value is -3.05. The topological polar surface area (TPSA) is 50.3 Å². The van der Waals surface area contributed by atoms with Crippen molar-refractivity contribution in [1.29, 1.82) is 0 Å². The van der Waals surface area contributed by atoms with Gasteiger partial charge in [-0.15, -0.1) is 0 Å². The van der Waals surface area contributed by atoms with Crippen molar-refractivity contribution < 1.29 is 9.00 Å². The lowest BCUT2D eigenvalue weighted by atomic mass is 9.86. The summed E-state index contributed by atoms with van der Waals surface area (Å²) >= 11 is 0. The SMILES string of the molecule is Cc1cncc(C(=O)N2CCC(=C3c4ccccc4CS(=O)c4ccccc43)CC2)c1. The Morgan fingerprint density at radius 3 is 2.45 bits per heavy atom. The predicted octanol–water partition coefficient (Wildman–Crippen LogP) is 4.75. The Bertz CT molecular complexity index is 1220. The van der Waals surface area contributed by atoms with E-state index < -0.39 is 10.8 Å². The van der Waals surface area contributed by atoms with Crippen molar-refractivity contribution in [3.8, 4) is 0 Å². The normalized spacial score (nSPS) is 18.2. The van der Waals surface area contributed by atoms with E-state index in [2.05, 4.69) is 29.2 Å². The van der Waals surface area contributed by atoms with Gasteiger partial charge < -0.3 is 4.90 Å². The van der Waals surface area contributed by atoms with Gasteiger partial charge in [0.15, 0.2) is 0 Å². The Labute approximate surface area is 185 Å². The number of likely N-dealkylation sites (tertiary alicyclic amines) is 1. The van der Waals surface area contributed by atoms with E-state index in [0.717, 1.165) is 34.4 Å². The van der Waals surface area contributed by atoms with E-state index in [-0.39, 0.29) is 5.91 Å². The Balaban J connectivity index is 1.52. The number of rotatable bonds is 1. The van der Waals surface area contributed by atoms with Gasteiger partial charge >= 0.3 is 0 Å². The van der Waals surface area contributed by atoms with Crippen LogP contribution in [-0.4, -0.2) is 33.1 Å². The van der Waals surface area contributed by atoms with Gasteiger partial charge in [-0.3, -0.25) is 14.0 Å². The average Bonchev–Trinajstić information content (AvgIpc) is 2.93. The highest BCUT2D eigenvalue weighted by molar-refractivity contribution is 7.84. The number of aryl methyl sites for hydroxylation is 1. The van der Waals surface area contributed by atoms with E-state index in [0.29, 0.717) is 24.4 Å². The molecule has 1 fully saturated rings. The van der Waals surface area contributed by atoms with Crippen LogP contribution in [0.25, 0.3) is 5.57 Å². The summed E-state index contributed by atoms with van der Waals surface area (Å²) in [5, 5.41) is 0. The maximum absolute atomic E-state index is 13.1. The van der Waals surface area contributed by atoms with Gasteiger partial charge in [-0.1, -0.05) is 48.0 Å². The van der Waals surface area contributed by atoms with E-state index in [9.17, 15) is 9.00 Å². The molecule has 3 heterocycles. The summed E-state index contributed by atoms with van der Waals surface area (Å²) < 4.78 is 13.1. The first kappa shape index (κ1) is 19.9. The fourth-order valence-corrected chi connectivity index (χ4v) is 5.93. The number of pyridine rings is 1. The van der Waals surface area contributed by atoms with Gasteiger partial charge in [0.1, 0.15) is 0 Å². The minimum absolute atomic E-state index is 0.0445. The van der Waals surface area contributed by atoms with Crippen molar-refractivity contribution in [2.75, 3.05) is 13.1 Å². The number of carbonyl (C=O) groups excluding carboxylic acids is 1. The molecule has 3 aromatic rings. The van der Waals surface area contributed by atoms with Crippen LogP contribution in [0.3, 0.4) is 0 Å². The molecule has 0 saturated carbocycles. The monoisotopic (exact) mass is 428 g/mol. The van der Waals surface area contributed by atoms with Crippen LogP contribution in [0, 0.1) is 6.92 Å². The van der Waals surface area contributed by atoms with Gasteiger partial charge in [-0.2, -0.15) is 0 Å². The van der Waals surface area contributed by atoms with Crippen molar-refractivity contribution in [1.82, 2.24) is 9.88 Å². The summed E-state index contributed by atoms with van der Waals surface area (Å²) in [4.78, 5) is 20.0. The number of benzene rings is 2. The second kappa shape index (κ2) is 8.23. The quantitative estimate of drug-likeness (QED) is 0.562. The van der Waals surface area contributed by atoms with Crippen molar-refractivity contribution in [3.05, 3.63) is 100 Å². The van der Waals surface area contributed by atoms with Crippen LogP contribution in [0.15, 0.2) is 77.5 Å². The first-order chi connectivity index (χ1) is 15.1. The van der Waals surface area contributed by atoms with Crippen LogP contribution in [0.4, 0.5) is 0 Å². The molecule has 1 amide bonds. The number of amides is 1. The summed E-state index contributed by atoms with van der Waals surface area (Å²) in [6.07, 6.45) is 5.04. The Morgan fingerprint density at radius 1 is 0.968 bits per heavy atom. The molecule has 1 unspecified atom stereocenters. The summed E-state index contributed by atoms with van der Waals surface area (Å²) in [5.41, 5.74) is 7.57. The molecule has 0 radical (unpaired) electrons.